The zero-order chi connectivity index (χ0) is 16.4. The summed E-state index contributed by atoms with van der Waals surface area (Å²) in [7, 11) is 3.26. The van der Waals surface area contributed by atoms with Crippen molar-refractivity contribution >= 4 is 16.8 Å². The van der Waals surface area contributed by atoms with Gasteiger partial charge in [0, 0.05) is 24.6 Å². The molecular formula is C17H20N2O4. The van der Waals surface area contributed by atoms with Crippen molar-refractivity contribution < 1.29 is 19.0 Å². The Bertz CT molecular complexity index is 732. The summed E-state index contributed by atoms with van der Waals surface area (Å²) in [5, 5.41) is 0.959. The normalized spacial score (nSPS) is 17.6. The molecule has 1 aliphatic rings. The first kappa shape index (κ1) is 15.6. The van der Waals surface area contributed by atoms with Crippen LogP contribution in [0.25, 0.3) is 10.9 Å². The highest BCUT2D eigenvalue weighted by Gasteiger charge is 2.28. The third-order valence-corrected chi connectivity index (χ3v) is 3.94. The van der Waals surface area contributed by atoms with Gasteiger partial charge in [-0.2, -0.15) is 0 Å². The molecule has 0 radical (unpaired) electrons. The summed E-state index contributed by atoms with van der Waals surface area (Å²) in [4.78, 5) is 18.7. The molecule has 0 spiro atoms. The van der Waals surface area contributed by atoms with Crippen LogP contribution in [-0.2, 0) is 16.1 Å². The van der Waals surface area contributed by atoms with E-state index >= 15 is 0 Å². The molecule has 6 heteroatoms. The highest BCUT2D eigenvalue weighted by molar-refractivity contribution is 5.84. The van der Waals surface area contributed by atoms with E-state index in [1.54, 1.807) is 26.0 Å². The summed E-state index contributed by atoms with van der Waals surface area (Å²) in [6.07, 6.45) is -0.559. The lowest BCUT2D eigenvalue weighted by Crippen LogP contribution is -2.39. The number of nitrogens with zero attached hydrogens (tertiary/aromatic N) is 2. The van der Waals surface area contributed by atoms with Gasteiger partial charge in [0.25, 0.3) is 5.91 Å². The summed E-state index contributed by atoms with van der Waals surface area (Å²) >= 11 is 0. The predicted molar refractivity (Wildman–Crippen MR) is 85.7 cm³/mol. The molecule has 23 heavy (non-hydrogen) atoms. The van der Waals surface area contributed by atoms with Crippen LogP contribution in [-0.4, -0.2) is 49.3 Å². The summed E-state index contributed by atoms with van der Waals surface area (Å²) in [5.41, 5.74) is 1.70. The molecule has 6 nitrogen and oxygen atoms in total. The van der Waals surface area contributed by atoms with Gasteiger partial charge in [0.15, 0.2) is 6.10 Å². The number of benzene rings is 1. The standard InChI is InChI=1S/C17H20N2O4/c1-11-17(20)19(6-7-21-2)10-13-8-12-9-14(22-3)4-5-15(12)18-16(13)23-11/h4-5,8-9,11H,6-7,10H2,1-3H3/t11-/m1/s1. The van der Waals surface area contributed by atoms with Crippen LogP contribution in [0.3, 0.4) is 0 Å². The average Bonchev–Trinajstić information content (AvgIpc) is 2.67. The number of hydrogen-bond acceptors (Lipinski definition) is 5. The monoisotopic (exact) mass is 316 g/mol. The van der Waals surface area contributed by atoms with E-state index in [9.17, 15) is 4.79 Å². The lowest BCUT2D eigenvalue weighted by atomic mass is 10.1. The Labute approximate surface area is 135 Å². The SMILES string of the molecule is COCCN1Cc2cc3cc(OC)ccc3nc2O[C@H](C)C1=O. The Morgan fingerprint density at radius 2 is 2.17 bits per heavy atom. The van der Waals surface area contributed by atoms with Gasteiger partial charge < -0.3 is 19.1 Å². The van der Waals surface area contributed by atoms with Gasteiger partial charge in [-0.05, 0) is 31.2 Å². The molecule has 0 fully saturated rings. The van der Waals surface area contributed by atoms with E-state index in [2.05, 4.69) is 4.98 Å². The minimum absolute atomic E-state index is 0.0540. The third kappa shape index (κ3) is 3.07. The molecule has 2 aromatic rings. The van der Waals surface area contributed by atoms with Gasteiger partial charge in [-0.15, -0.1) is 0 Å². The van der Waals surface area contributed by atoms with Gasteiger partial charge in [0.1, 0.15) is 5.75 Å². The molecule has 3 rings (SSSR count). The minimum atomic E-state index is -0.559. The third-order valence-electron chi connectivity index (χ3n) is 3.94. The number of carbonyl (C=O) groups is 1. The summed E-state index contributed by atoms with van der Waals surface area (Å²) in [5.74, 6) is 1.24. The second-order valence-electron chi connectivity index (χ2n) is 5.52. The maximum Gasteiger partial charge on any atom is 0.263 e. The number of fused-ring (bicyclic) bond motifs is 2. The highest BCUT2D eigenvalue weighted by atomic mass is 16.5. The molecule has 0 saturated heterocycles. The van der Waals surface area contributed by atoms with E-state index in [0.717, 1.165) is 22.2 Å². The number of pyridine rings is 1. The maximum absolute atomic E-state index is 12.4. The Balaban J connectivity index is 2.01. The van der Waals surface area contributed by atoms with Crippen molar-refractivity contribution in [3.63, 3.8) is 0 Å². The summed E-state index contributed by atoms with van der Waals surface area (Å²) in [6.45, 7) is 3.22. The van der Waals surface area contributed by atoms with E-state index in [4.69, 9.17) is 14.2 Å². The van der Waals surface area contributed by atoms with E-state index in [1.165, 1.54) is 0 Å². The molecule has 0 saturated carbocycles. The van der Waals surface area contributed by atoms with E-state index in [-0.39, 0.29) is 5.91 Å². The van der Waals surface area contributed by atoms with Crippen LogP contribution in [0.2, 0.25) is 0 Å². The van der Waals surface area contributed by atoms with Crippen LogP contribution < -0.4 is 9.47 Å². The topological polar surface area (TPSA) is 60.9 Å². The van der Waals surface area contributed by atoms with Crippen molar-refractivity contribution in [2.45, 2.75) is 19.6 Å². The number of methoxy groups -OCH3 is 2. The zero-order valence-electron chi connectivity index (χ0n) is 13.5. The predicted octanol–water partition coefficient (Wildman–Crippen LogP) is 2.00. The Hall–Kier alpha value is -2.34. The number of carbonyl (C=O) groups excluding carboxylic acids is 1. The first-order chi connectivity index (χ1) is 11.1. The molecule has 1 atom stereocenters. The van der Waals surface area contributed by atoms with Crippen LogP contribution in [0, 0.1) is 0 Å². The molecule has 0 aliphatic carbocycles. The van der Waals surface area contributed by atoms with Gasteiger partial charge in [-0.1, -0.05) is 0 Å². The minimum Gasteiger partial charge on any atom is -0.497 e. The first-order valence-corrected chi connectivity index (χ1v) is 7.54. The Kier molecular flexibility index (Phi) is 4.34. The largest absolute Gasteiger partial charge is 0.497 e. The fraction of sp³-hybridized carbons (Fsp3) is 0.412. The van der Waals surface area contributed by atoms with E-state index in [1.807, 2.05) is 24.3 Å². The van der Waals surface area contributed by atoms with Crippen molar-refractivity contribution in [3.8, 4) is 11.6 Å². The number of hydrogen-bond donors (Lipinski definition) is 0. The Morgan fingerprint density at radius 3 is 2.91 bits per heavy atom. The highest BCUT2D eigenvalue weighted by Crippen LogP contribution is 2.29. The van der Waals surface area contributed by atoms with Crippen LogP contribution >= 0.6 is 0 Å². The number of amides is 1. The van der Waals surface area contributed by atoms with Gasteiger partial charge >= 0.3 is 0 Å². The number of ether oxygens (including phenoxy) is 3. The van der Waals surface area contributed by atoms with E-state index in [0.29, 0.717) is 25.6 Å². The average molecular weight is 316 g/mol. The maximum atomic E-state index is 12.4. The van der Waals surface area contributed by atoms with Crippen molar-refractivity contribution in [1.29, 1.82) is 0 Å². The molecule has 0 N–H and O–H groups in total. The molecule has 1 aromatic heterocycles. The first-order valence-electron chi connectivity index (χ1n) is 7.54. The van der Waals surface area contributed by atoms with Crippen LogP contribution in [0.4, 0.5) is 0 Å². The number of aromatic nitrogens is 1. The second kappa shape index (κ2) is 6.42. The molecule has 1 aliphatic heterocycles. The smallest absolute Gasteiger partial charge is 0.263 e. The second-order valence-corrected chi connectivity index (χ2v) is 5.52. The van der Waals surface area contributed by atoms with E-state index < -0.39 is 6.10 Å². The lowest BCUT2D eigenvalue weighted by molar-refractivity contribution is -0.138. The number of rotatable bonds is 4. The van der Waals surface area contributed by atoms with Crippen molar-refractivity contribution in [3.05, 3.63) is 29.8 Å². The van der Waals surface area contributed by atoms with Crippen molar-refractivity contribution in [2.24, 2.45) is 0 Å². The van der Waals surface area contributed by atoms with Gasteiger partial charge in [0.05, 0.1) is 25.8 Å². The molecule has 2 heterocycles. The lowest BCUT2D eigenvalue weighted by Gasteiger charge is -2.21. The zero-order valence-corrected chi connectivity index (χ0v) is 13.5. The van der Waals surface area contributed by atoms with Gasteiger partial charge in [-0.3, -0.25) is 4.79 Å². The van der Waals surface area contributed by atoms with Crippen LogP contribution in [0.5, 0.6) is 11.6 Å². The van der Waals surface area contributed by atoms with Crippen LogP contribution in [0.1, 0.15) is 12.5 Å². The fourth-order valence-electron chi connectivity index (χ4n) is 2.67. The molecule has 1 aromatic carbocycles. The van der Waals surface area contributed by atoms with Crippen LogP contribution in [0.15, 0.2) is 24.3 Å². The molecule has 0 bridgehead atoms. The molecule has 122 valence electrons. The molecule has 1 amide bonds. The van der Waals surface area contributed by atoms with Gasteiger partial charge in [0.2, 0.25) is 5.88 Å². The quantitative estimate of drug-likeness (QED) is 0.863. The molecular weight excluding hydrogens is 296 g/mol. The summed E-state index contributed by atoms with van der Waals surface area (Å²) in [6, 6.07) is 7.68. The fourth-order valence-corrected chi connectivity index (χ4v) is 2.67. The summed E-state index contributed by atoms with van der Waals surface area (Å²) < 4.78 is 16.1. The van der Waals surface area contributed by atoms with Gasteiger partial charge in [-0.25, -0.2) is 4.98 Å². The van der Waals surface area contributed by atoms with Crippen molar-refractivity contribution in [2.75, 3.05) is 27.4 Å². The molecule has 0 unspecified atom stereocenters. The van der Waals surface area contributed by atoms with Crippen molar-refractivity contribution in [1.82, 2.24) is 9.88 Å². The Morgan fingerprint density at radius 1 is 1.35 bits per heavy atom.